The molecule has 0 radical (unpaired) electrons. The van der Waals surface area contributed by atoms with Gasteiger partial charge in [0.05, 0.1) is 11.3 Å². The first-order chi connectivity index (χ1) is 19.1. The molecule has 0 aliphatic carbocycles. The van der Waals surface area contributed by atoms with E-state index in [4.69, 9.17) is 4.52 Å². The van der Waals surface area contributed by atoms with Crippen molar-refractivity contribution in [1.82, 2.24) is 20.0 Å². The Kier molecular flexibility index (Phi) is 8.82. The normalized spacial score (nSPS) is 11.9. The number of carbonyl (C=O) groups is 1. The van der Waals surface area contributed by atoms with E-state index in [9.17, 15) is 4.79 Å². The number of carbonyl (C=O) groups excluding carboxylic acids is 1. The van der Waals surface area contributed by atoms with Crippen molar-refractivity contribution in [2.45, 2.75) is 39.2 Å². The maximum Gasteiger partial charge on any atom is 0.332 e. The van der Waals surface area contributed by atoms with Gasteiger partial charge in [-0.2, -0.15) is 0 Å². The number of likely N-dealkylation sites (N-methyl/N-ethyl adjacent to an activating group) is 1. The summed E-state index contributed by atoms with van der Waals surface area (Å²) in [4.78, 5) is 25.8. The van der Waals surface area contributed by atoms with Crippen molar-refractivity contribution >= 4 is 29.2 Å². The SMILES string of the molecule is CC(CN(C)C)Nc1ncc(C#Cc2cccc(NC(=O)N(c3ccccc3)c3cc(C(C)(C)C)on3)c2)cn1. The molecule has 1 atom stereocenters. The van der Waals surface area contributed by atoms with Crippen molar-refractivity contribution in [3.63, 3.8) is 0 Å². The van der Waals surface area contributed by atoms with E-state index in [2.05, 4.69) is 49.4 Å². The summed E-state index contributed by atoms with van der Waals surface area (Å²) in [7, 11) is 4.05. The van der Waals surface area contributed by atoms with E-state index < -0.39 is 0 Å². The Bertz CT molecular complexity index is 1480. The second kappa shape index (κ2) is 12.5. The molecule has 2 amide bonds. The molecule has 0 aliphatic heterocycles. The molecule has 2 aromatic carbocycles. The van der Waals surface area contributed by atoms with E-state index in [1.54, 1.807) is 18.5 Å². The van der Waals surface area contributed by atoms with Crippen molar-refractivity contribution in [3.05, 3.63) is 89.9 Å². The molecule has 9 heteroatoms. The Labute approximate surface area is 235 Å². The molecule has 0 saturated heterocycles. The first-order valence-corrected chi connectivity index (χ1v) is 13.1. The second-order valence-corrected chi connectivity index (χ2v) is 10.8. The summed E-state index contributed by atoms with van der Waals surface area (Å²) in [6.45, 7) is 9.04. The highest BCUT2D eigenvalue weighted by Crippen LogP contribution is 2.30. The largest absolute Gasteiger partial charge is 0.359 e. The first kappa shape index (κ1) is 28.3. The van der Waals surface area contributed by atoms with Crippen LogP contribution in [0.25, 0.3) is 0 Å². The third kappa shape index (κ3) is 7.68. The summed E-state index contributed by atoms with van der Waals surface area (Å²) in [6, 6.07) is 18.3. The Morgan fingerprint density at radius 3 is 2.33 bits per heavy atom. The van der Waals surface area contributed by atoms with Crippen LogP contribution in [0, 0.1) is 11.8 Å². The van der Waals surface area contributed by atoms with Crippen LogP contribution in [0.3, 0.4) is 0 Å². The maximum atomic E-state index is 13.5. The van der Waals surface area contributed by atoms with Gasteiger partial charge in [-0.05, 0) is 51.4 Å². The highest BCUT2D eigenvalue weighted by Gasteiger charge is 2.26. The molecule has 0 aliphatic rings. The molecule has 9 nitrogen and oxygen atoms in total. The molecule has 2 N–H and O–H groups in total. The van der Waals surface area contributed by atoms with E-state index in [1.807, 2.05) is 89.5 Å². The molecule has 0 bridgehead atoms. The lowest BCUT2D eigenvalue weighted by atomic mass is 9.93. The third-order valence-corrected chi connectivity index (χ3v) is 5.81. The number of aromatic nitrogens is 3. The van der Waals surface area contributed by atoms with Crippen LogP contribution in [0.4, 0.5) is 27.9 Å². The quantitative estimate of drug-likeness (QED) is 0.283. The van der Waals surface area contributed by atoms with Crippen LogP contribution in [0.15, 0.2) is 77.6 Å². The summed E-state index contributed by atoms with van der Waals surface area (Å²) in [6.07, 6.45) is 3.38. The number of urea groups is 1. The molecule has 206 valence electrons. The summed E-state index contributed by atoms with van der Waals surface area (Å²) < 4.78 is 5.56. The number of amides is 2. The van der Waals surface area contributed by atoms with Gasteiger partial charge in [-0.1, -0.05) is 62.0 Å². The fourth-order valence-corrected chi connectivity index (χ4v) is 3.93. The summed E-state index contributed by atoms with van der Waals surface area (Å²) in [5.74, 6) is 7.86. The van der Waals surface area contributed by atoms with Gasteiger partial charge < -0.3 is 20.1 Å². The van der Waals surface area contributed by atoms with Gasteiger partial charge in [-0.3, -0.25) is 0 Å². The van der Waals surface area contributed by atoms with Crippen LogP contribution in [0.5, 0.6) is 0 Å². The van der Waals surface area contributed by atoms with Gasteiger partial charge >= 0.3 is 6.03 Å². The smallest absolute Gasteiger partial charge is 0.332 e. The number of hydrogen-bond donors (Lipinski definition) is 2. The lowest BCUT2D eigenvalue weighted by Gasteiger charge is -2.20. The van der Waals surface area contributed by atoms with Crippen molar-refractivity contribution in [1.29, 1.82) is 0 Å². The molecular formula is C31H35N7O2. The van der Waals surface area contributed by atoms with Gasteiger partial charge in [0.25, 0.3) is 0 Å². The highest BCUT2D eigenvalue weighted by atomic mass is 16.5. The maximum absolute atomic E-state index is 13.5. The molecule has 0 spiro atoms. The van der Waals surface area contributed by atoms with Crippen molar-refractivity contribution in [2.24, 2.45) is 0 Å². The van der Waals surface area contributed by atoms with Crippen LogP contribution in [0.2, 0.25) is 0 Å². The molecule has 40 heavy (non-hydrogen) atoms. The number of para-hydroxylation sites is 1. The standard InChI is InChI=1S/C31H35N7O2/c1-22(21-37(5)6)34-29-32-19-24(20-33-29)16-15-23-11-10-12-25(17-23)35-30(39)38(26-13-8-7-9-14-26)28-18-27(40-36-28)31(2,3)4/h7-14,17-20,22H,21H2,1-6H3,(H,35,39)(H,32,33,34). The van der Waals surface area contributed by atoms with E-state index in [0.29, 0.717) is 34.5 Å². The van der Waals surface area contributed by atoms with Gasteiger partial charge in [0.1, 0.15) is 5.76 Å². The molecule has 4 aromatic rings. The molecule has 4 rings (SSSR count). The fraction of sp³-hybridized carbons (Fsp3) is 0.290. The summed E-state index contributed by atoms with van der Waals surface area (Å²) in [5, 5.41) is 10.4. The Morgan fingerprint density at radius 2 is 1.68 bits per heavy atom. The van der Waals surface area contributed by atoms with Crippen LogP contribution in [-0.4, -0.2) is 52.7 Å². The van der Waals surface area contributed by atoms with Crippen molar-refractivity contribution in [3.8, 4) is 11.8 Å². The van der Waals surface area contributed by atoms with Crippen molar-refractivity contribution in [2.75, 3.05) is 36.2 Å². The van der Waals surface area contributed by atoms with Gasteiger partial charge in [0, 0.05) is 47.7 Å². The molecule has 1 unspecified atom stereocenters. The van der Waals surface area contributed by atoms with E-state index >= 15 is 0 Å². The van der Waals surface area contributed by atoms with Gasteiger partial charge in [-0.15, -0.1) is 0 Å². The number of nitrogens with one attached hydrogen (secondary N) is 2. The topological polar surface area (TPSA) is 99.4 Å². The lowest BCUT2D eigenvalue weighted by Crippen LogP contribution is -2.31. The number of hydrogen-bond acceptors (Lipinski definition) is 7. The predicted octanol–water partition coefficient (Wildman–Crippen LogP) is 5.89. The first-order valence-electron chi connectivity index (χ1n) is 13.1. The minimum atomic E-state index is -0.370. The minimum absolute atomic E-state index is 0.215. The molecule has 0 saturated carbocycles. The van der Waals surface area contributed by atoms with E-state index in [0.717, 1.165) is 12.1 Å². The monoisotopic (exact) mass is 537 g/mol. The minimum Gasteiger partial charge on any atom is -0.359 e. The van der Waals surface area contributed by atoms with Crippen LogP contribution in [-0.2, 0) is 5.41 Å². The van der Waals surface area contributed by atoms with Crippen LogP contribution >= 0.6 is 0 Å². The number of anilines is 4. The summed E-state index contributed by atoms with van der Waals surface area (Å²) >= 11 is 0. The Hall–Kier alpha value is -4.68. The third-order valence-electron chi connectivity index (χ3n) is 5.81. The highest BCUT2D eigenvalue weighted by molar-refractivity contribution is 6.06. The van der Waals surface area contributed by atoms with Crippen LogP contribution < -0.4 is 15.5 Å². The zero-order chi connectivity index (χ0) is 28.7. The predicted molar refractivity (Wildman–Crippen MR) is 159 cm³/mol. The Morgan fingerprint density at radius 1 is 0.975 bits per heavy atom. The molecule has 0 fully saturated rings. The molecule has 2 aromatic heterocycles. The lowest BCUT2D eigenvalue weighted by molar-refractivity contribution is 0.258. The summed E-state index contributed by atoms with van der Waals surface area (Å²) in [5.41, 5.74) is 2.45. The molecular weight excluding hydrogens is 502 g/mol. The average molecular weight is 538 g/mol. The van der Waals surface area contributed by atoms with Crippen molar-refractivity contribution < 1.29 is 9.32 Å². The number of rotatable bonds is 7. The zero-order valence-corrected chi connectivity index (χ0v) is 23.8. The van der Waals surface area contributed by atoms with Crippen LogP contribution in [0.1, 0.15) is 44.6 Å². The second-order valence-electron chi connectivity index (χ2n) is 10.8. The zero-order valence-electron chi connectivity index (χ0n) is 23.8. The fourth-order valence-electron chi connectivity index (χ4n) is 3.93. The van der Waals surface area contributed by atoms with E-state index in [1.165, 1.54) is 4.90 Å². The van der Waals surface area contributed by atoms with E-state index in [-0.39, 0.29) is 17.5 Å². The average Bonchev–Trinajstić information content (AvgIpc) is 3.39. The number of benzene rings is 2. The van der Waals surface area contributed by atoms with Gasteiger partial charge in [0.15, 0.2) is 5.82 Å². The van der Waals surface area contributed by atoms with Gasteiger partial charge in [-0.25, -0.2) is 19.7 Å². The Balaban J connectivity index is 1.49. The van der Waals surface area contributed by atoms with Gasteiger partial charge in [0.2, 0.25) is 5.95 Å². The number of nitrogens with zero attached hydrogens (tertiary/aromatic N) is 5. The molecule has 2 heterocycles.